The molecule has 0 saturated heterocycles. The minimum atomic E-state index is 0.418. The first-order chi connectivity index (χ1) is 15.6. The summed E-state index contributed by atoms with van der Waals surface area (Å²) in [6, 6.07) is 28.6. The highest BCUT2D eigenvalue weighted by Crippen LogP contribution is 2.38. The van der Waals surface area contributed by atoms with Crippen LogP contribution in [0.15, 0.2) is 83.3 Å². The van der Waals surface area contributed by atoms with E-state index in [1.54, 1.807) is 7.11 Å². The molecule has 4 aromatic rings. The summed E-state index contributed by atoms with van der Waals surface area (Å²) in [6.45, 7) is 2.44. The van der Waals surface area contributed by atoms with Crippen LogP contribution in [-0.2, 0) is 6.61 Å². The minimum Gasteiger partial charge on any atom is -0.493 e. The van der Waals surface area contributed by atoms with E-state index in [4.69, 9.17) is 9.47 Å². The fraction of sp³-hybridized carbons (Fsp3) is 0.107. The number of ether oxygens (including phenoxy) is 2. The fourth-order valence-electron chi connectivity index (χ4n) is 3.53. The Hall–Kier alpha value is -3.55. The van der Waals surface area contributed by atoms with Gasteiger partial charge in [0.05, 0.1) is 23.2 Å². The number of fused-ring (bicyclic) bond motifs is 1. The van der Waals surface area contributed by atoms with Gasteiger partial charge < -0.3 is 9.47 Å². The van der Waals surface area contributed by atoms with Crippen LogP contribution in [0.5, 0.6) is 11.5 Å². The Morgan fingerprint density at radius 1 is 0.969 bits per heavy atom. The zero-order valence-corrected chi connectivity index (χ0v) is 19.5. The summed E-state index contributed by atoms with van der Waals surface area (Å²) in [7, 11) is 1.61. The molecular weight excluding hydrogens is 462 g/mol. The van der Waals surface area contributed by atoms with Crippen molar-refractivity contribution in [1.82, 2.24) is 0 Å². The molecule has 0 unspecified atom stereocenters. The average molecular weight is 484 g/mol. The Kier molecular flexibility index (Phi) is 6.58. The molecule has 3 nitrogen and oxygen atoms in total. The first-order valence-electron chi connectivity index (χ1n) is 10.2. The maximum atomic E-state index is 9.66. The van der Waals surface area contributed by atoms with E-state index in [1.807, 2.05) is 61.5 Å². The lowest BCUT2D eigenvalue weighted by Gasteiger charge is -2.14. The predicted molar refractivity (Wildman–Crippen MR) is 134 cm³/mol. The smallest absolute Gasteiger partial charge is 0.175 e. The van der Waals surface area contributed by atoms with Gasteiger partial charge in [0.1, 0.15) is 6.61 Å². The van der Waals surface area contributed by atoms with Gasteiger partial charge >= 0.3 is 0 Å². The Labute approximate surface area is 196 Å². The second kappa shape index (κ2) is 9.72. The molecule has 4 rings (SSSR count). The quantitative estimate of drug-likeness (QED) is 0.210. The van der Waals surface area contributed by atoms with Gasteiger partial charge in [-0.25, -0.2) is 0 Å². The van der Waals surface area contributed by atoms with E-state index in [-0.39, 0.29) is 0 Å². The number of halogens is 1. The molecule has 158 valence electrons. The highest BCUT2D eigenvalue weighted by molar-refractivity contribution is 9.10. The monoisotopic (exact) mass is 483 g/mol. The fourth-order valence-corrected chi connectivity index (χ4v) is 4.10. The van der Waals surface area contributed by atoms with Crippen molar-refractivity contribution in [3.63, 3.8) is 0 Å². The van der Waals surface area contributed by atoms with Gasteiger partial charge in [0.25, 0.3) is 0 Å². The van der Waals surface area contributed by atoms with Crippen LogP contribution in [0.2, 0.25) is 0 Å². The molecule has 0 spiro atoms. The molecule has 4 aromatic carbocycles. The number of allylic oxidation sites excluding steroid dienone is 1. The lowest BCUT2D eigenvalue weighted by atomic mass is 10.0. The maximum absolute atomic E-state index is 9.66. The van der Waals surface area contributed by atoms with E-state index < -0.39 is 0 Å². The maximum Gasteiger partial charge on any atom is 0.175 e. The van der Waals surface area contributed by atoms with Crippen LogP contribution < -0.4 is 9.47 Å². The van der Waals surface area contributed by atoms with Crippen LogP contribution >= 0.6 is 15.9 Å². The molecule has 0 fully saturated rings. The van der Waals surface area contributed by atoms with Crippen molar-refractivity contribution >= 4 is 38.4 Å². The second-order valence-electron chi connectivity index (χ2n) is 7.54. The average Bonchev–Trinajstić information content (AvgIpc) is 2.82. The number of benzene rings is 4. The van der Waals surface area contributed by atoms with Gasteiger partial charge in [-0.3, -0.25) is 0 Å². The summed E-state index contributed by atoms with van der Waals surface area (Å²) in [4.78, 5) is 0. The number of hydrogen-bond donors (Lipinski definition) is 0. The molecule has 0 aliphatic heterocycles. The predicted octanol–water partition coefficient (Wildman–Crippen LogP) is 7.56. The van der Waals surface area contributed by atoms with Gasteiger partial charge in [0.2, 0.25) is 0 Å². The highest BCUT2D eigenvalue weighted by Gasteiger charge is 2.12. The largest absolute Gasteiger partial charge is 0.493 e. The molecule has 0 heterocycles. The summed E-state index contributed by atoms with van der Waals surface area (Å²) >= 11 is 3.61. The summed E-state index contributed by atoms with van der Waals surface area (Å²) in [5.41, 5.74) is 4.55. The molecule has 0 aliphatic carbocycles. The number of nitrogens with zero attached hydrogens (tertiary/aromatic N) is 1. The molecule has 0 saturated carbocycles. The summed E-state index contributed by atoms with van der Waals surface area (Å²) in [5, 5.41) is 12.0. The van der Waals surface area contributed by atoms with Crippen LogP contribution in [-0.4, -0.2) is 7.11 Å². The van der Waals surface area contributed by atoms with Crippen molar-refractivity contribution in [2.24, 2.45) is 0 Å². The van der Waals surface area contributed by atoms with Crippen molar-refractivity contribution in [2.45, 2.75) is 13.5 Å². The Bertz CT molecular complexity index is 1330. The standard InChI is InChI=1S/C28H22BrNO2/c1-19-7-10-23(11-8-19)25(17-30)14-21-15-26(29)28(27(16-21)31-2)32-18-20-9-12-22-5-3-4-6-24(22)13-20/h3-16H,18H2,1-2H3/b25-14-. The highest BCUT2D eigenvalue weighted by atomic mass is 79.9. The SMILES string of the molecule is COc1cc(/C=C(/C#N)c2ccc(C)cc2)cc(Br)c1OCc1ccc2ccccc2c1. The van der Waals surface area contributed by atoms with Crippen molar-refractivity contribution in [3.8, 4) is 17.6 Å². The normalized spacial score (nSPS) is 11.2. The van der Waals surface area contributed by atoms with E-state index in [0.717, 1.165) is 26.7 Å². The van der Waals surface area contributed by atoms with Gasteiger partial charge in [-0.1, -0.05) is 66.2 Å². The minimum absolute atomic E-state index is 0.418. The Morgan fingerprint density at radius 3 is 2.44 bits per heavy atom. The first kappa shape index (κ1) is 21.7. The third kappa shape index (κ3) is 4.85. The van der Waals surface area contributed by atoms with Crippen LogP contribution in [0, 0.1) is 18.3 Å². The number of hydrogen-bond acceptors (Lipinski definition) is 3. The molecule has 0 N–H and O–H groups in total. The Morgan fingerprint density at radius 2 is 1.72 bits per heavy atom. The Balaban J connectivity index is 1.60. The van der Waals surface area contributed by atoms with Gasteiger partial charge in [0, 0.05) is 0 Å². The van der Waals surface area contributed by atoms with E-state index in [1.165, 1.54) is 10.8 Å². The number of aryl methyl sites for hydroxylation is 1. The lowest BCUT2D eigenvalue weighted by molar-refractivity contribution is 0.282. The van der Waals surface area contributed by atoms with Crippen molar-refractivity contribution in [3.05, 3.63) is 106 Å². The summed E-state index contributed by atoms with van der Waals surface area (Å²) in [5.74, 6) is 1.24. The van der Waals surface area contributed by atoms with Crippen LogP contribution in [0.25, 0.3) is 22.4 Å². The zero-order valence-electron chi connectivity index (χ0n) is 17.9. The van der Waals surface area contributed by atoms with E-state index in [0.29, 0.717) is 23.7 Å². The van der Waals surface area contributed by atoms with E-state index in [9.17, 15) is 5.26 Å². The molecule has 0 aromatic heterocycles. The number of methoxy groups -OCH3 is 1. The zero-order chi connectivity index (χ0) is 22.5. The van der Waals surface area contributed by atoms with Crippen LogP contribution in [0.1, 0.15) is 22.3 Å². The van der Waals surface area contributed by atoms with Gasteiger partial charge in [-0.2, -0.15) is 5.26 Å². The molecule has 0 atom stereocenters. The van der Waals surface area contributed by atoms with Crippen LogP contribution in [0.4, 0.5) is 0 Å². The first-order valence-corrected chi connectivity index (χ1v) is 11.0. The van der Waals surface area contributed by atoms with E-state index >= 15 is 0 Å². The molecule has 0 amide bonds. The summed E-state index contributed by atoms with van der Waals surface area (Å²) < 4.78 is 12.5. The van der Waals surface area contributed by atoms with Crippen LogP contribution in [0.3, 0.4) is 0 Å². The molecular formula is C28H22BrNO2. The number of nitriles is 1. The van der Waals surface area contributed by atoms with Crippen molar-refractivity contribution in [1.29, 1.82) is 5.26 Å². The third-order valence-corrected chi connectivity index (χ3v) is 5.83. The second-order valence-corrected chi connectivity index (χ2v) is 8.39. The lowest BCUT2D eigenvalue weighted by Crippen LogP contribution is -1.99. The van der Waals surface area contributed by atoms with Crippen molar-refractivity contribution < 1.29 is 9.47 Å². The molecule has 4 heteroatoms. The molecule has 32 heavy (non-hydrogen) atoms. The van der Waals surface area contributed by atoms with E-state index in [2.05, 4.69) is 52.3 Å². The molecule has 0 bridgehead atoms. The molecule has 0 aliphatic rings. The van der Waals surface area contributed by atoms with Gasteiger partial charge in [-0.15, -0.1) is 0 Å². The van der Waals surface area contributed by atoms with Crippen molar-refractivity contribution in [2.75, 3.05) is 7.11 Å². The third-order valence-electron chi connectivity index (χ3n) is 5.24. The topological polar surface area (TPSA) is 42.2 Å². The van der Waals surface area contributed by atoms with Gasteiger partial charge in [-0.05, 0) is 74.6 Å². The molecule has 0 radical (unpaired) electrons. The summed E-state index contributed by atoms with van der Waals surface area (Å²) in [6.07, 6.45) is 1.85. The number of rotatable bonds is 6. The van der Waals surface area contributed by atoms with Gasteiger partial charge in [0.15, 0.2) is 11.5 Å².